The van der Waals surface area contributed by atoms with Crippen LogP contribution in [0.25, 0.3) is 0 Å². The molecule has 2 aromatic rings. The average molecular weight is 260 g/mol. The molecule has 0 aliphatic heterocycles. The number of benzene rings is 1. The zero-order valence-corrected chi connectivity index (χ0v) is 10.2. The van der Waals surface area contributed by atoms with E-state index < -0.39 is 4.92 Å². The summed E-state index contributed by atoms with van der Waals surface area (Å²) in [6.07, 6.45) is 4.84. The molecule has 7 nitrogen and oxygen atoms in total. The van der Waals surface area contributed by atoms with Crippen LogP contribution >= 0.6 is 0 Å². The minimum atomic E-state index is -0.461. The maximum atomic E-state index is 10.7. The fourth-order valence-electron chi connectivity index (χ4n) is 1.56. The average Bonchev–Trinajstić information content (AvgIpc) is 2.45. The van der Waals surface area contributed by atoms with Crippen LogP contribution in [0.5, 0.6) is 5.75 Å². The lowest BCUT2D eigenvalue weighted by molar-refractivity contribution is -0.384. The number of nitro benzene ring substituents is 1. The highest BCUT2D eigenvalue weighted by atomic mass is 16.6. The van der Waals surface area contributed by atoms with Crippen molar-refractivity contribution in [3.8, 4) is 5.75 Å². The van der Waals surface area contributed by atoms with E-state index in [0.717, 1.165) is 5.56 Å². The molecule has 19 heavy (non-hydrogen) atoms. The van der Waals surface area contributed by atoms with Crippen LogP contribution in [0.1, 0.15) is 5.56 Å². The third kappa shape index (κ3) is 3.15. The van der Waals surface area contributed by atoms with E-state index in [9.17, 15) is 10.1 Å². The number of nitrogens with zero attached hydrogens (tertiary/aromatic N) is 3. The third-order valence-electron chi connectivity index (χ3n) is 2.49. The van der Waals surface area contributed by atoms with Crippen LogP contribution < -0.4 is 10.1 Å². The molecule has 0 saturated carbocycles. The summed E-state index contributed by atoms with van der Waals surface area (Å²) in [7, 11) is 1.47. The highest BCUT2D eigenvalue weighted by Crippen LogP contribution is 2.29. The van der Waals surface area contributed by atoms with Crippen LogP contribution in [0.2, 0.25) is 0 Å². The number of non-ortho nitro benzene ring substituents is 1. The number of rotatable bonds is 5. The van der Waals surface area contributed by atoms with E-state index in [4.69, 9.17) is 4.74 Å². The number of aromatic nitrogens is 2. The van der Waals surface area contributed by atoms with Crippen molar-refractivity contribution in [2.45, 2.75) is 6.54 Å². The van der Waals surface area contributed by atoms with Crippen LogP contribution in [0.15, 0.2) is 36.9 Å². The van der Waals surface area contributed by atoms with Gasteiger partial charge in [-0.05, 0) is 6.07 Å². The van der Waals surface area contributed by atoms with Gasteiger partial charge in [0.25, 0.3) is 5.69 Å². The normalized spacial score (nSPS) is 9.95. The zero-order chi connectivity index (χ0) is 13.7. The molecular formula is C12H12N4O3. The number of anilines is 1. The van der Waals surface area contributed by atoms with Gasteiger partial charge in [-0.1, -0.05) is 0 Å². The quantitative estimate of drug-likeness (QED) is 0.653. The van der Waals surface area contributed by atoms with Crippen LogP contribution in [-0.2, 0) is 6.54 Å². The van der Waals surface area contributed by atoms with E-state index in [1.54, 1.807) is 18.5 Å². The highest BCUT2D eigenvalue weighted by Gasteiger charge is 2.10. The van der Waals surface area contributed by atoms with E-state index in [1.807, 2.05) is 0 Å². The maximum absolute atomic E-state index is 10.7. The van der Waals surface area contributed by atoms with Gasteiger partial charge in [0.2, 0.25) is 0 Å². The van der Waals surface area contributed by atoms with E-state index in [1.165, 1.54) is 25.6 Å². The van der Waals surface area contributed by atoms with Crippen molar-refractivity contribution in [2.75, 3.05) is 12.4 Å². The van der Waals surface area contributed by atoms with Gasteiger partial charge >= 0.3 is 0 Å². The molecular weight excluding hydrogens is 248 g/mol. The first-order chi connectivity index (χ1) is 9.20. The van der Waals surface area contributed by atoms with Gasteiger partial charge in [-0.2, -0.15) is 0 Å². The Bertz CT molecular complexity index is 574. The predicted octanol–water partition coefficient (Wildman–Crippen LogP) is 2.01. The van der Waals surface area contributed by atoms with E-state index in [0.29, 0.717) is 18.0 Å². The number of nitro groups is 1. The largest absolute Gasteiger partial charge is 0.494 e. The molecule has 1 N–H and O–H groups in total. The molecule has 0 atom stereocenters. The van der Waals surface area contributed by atoms with Gasteiger partial charge in [-0.25, -0.2) is 9.97 Å². The molecule has 0 aliphatic rings. The topological polar surface area (TPSA) is 90.2 Å². The fraction of sp³-hybridized carbons (Fsp3) is 0.167. The fourth-order valence-corrected chi connectivity index (χ4v) is 1.56. The van der Waals surface area contributed by atoms with Gasteiger partial charge in [0.1, 0.15) is 12.1 Å². The second-order valence-corrected chi connectivity index (χ2v) is 3.74. The number of hydrogen-bond acceptors (Lipinski definition) is 6. The number of nitrogens with one attached hydrogen (secondary N) is 1. The summed E-state index contributed by atoms with van der Waals surface area (Å²) in [5.74, 6) is 0.422. The molecule has 0 bridgehead atoms. The van der Waals surface area contributed by atoms with Crippen molar-refractivity contribution in [2.24, 2.45) is 0 Å². The van der Waals surface area contributed by atoms with Crippen LogP contribution in [-0.4, -0.2) is 22.0 Å². The summed E-state index contributed by atoms with van der Waals surface area (Å²) in [4.78, 5) is 18.0. The minimum absolute atomic E-state index is 0.00885. The predicted molar refractivity (Wildman–Crippen MR) is 69.0 cm³/mol. The summed E-state index contributed by atoms with van der Waals surface area (Å²) >= 11 is 0. The molecule has 0 amide bonds. The summed E-state index contributed by atoms with van der Waals surface area (Å²) in [5.41, 5.74) is 1.57. The van der Waals surface area contributed by atoms with Crippen molar-refractivity contribution >= 4 is 11.4 Å². The second-order valence-electron chi connectivity index (χ2n) is 3.74. The Kier molecular flexibility index (Phi) is 3.87. The Balaban J connectivity index is 2.14. The Morgan fingerprint density at radius 2 is 2.11 bits per heavy atom. The number of hydrogen-bond donors (Lipinski definition) is 1. The van der Waals surface area contributed by atoms with Crippen molar-refractivity contribution in [1.29, 1.82) is 0 Å². The Hall–Kier alpha value is -2.70. The van der Waals surface area contributed by atoms with Crippen molar-refractivity contribution < 1.29 is 9.66 Å². The van der Waals surface area contributed by atoms with E-state index in [2.05, 4.69) is 15.3 Å². The zero-order valence-electron chi connectivity index (χ0n) is 10.2. The van der Waals surface area contributed by atoms with Crippen LogP contribution in [0.4, 0.5) is 11.4 Å². The Morgan fingerprint density at radius 3 is 2.74 bits per heavy atom. The molecule has 0 aliphatic carbocycles. The van der Waals surface area contributed by atoms with E-state index >= 15 is 0 Å². The lowest BCUT2D eigenvalue weighted by Crippen LogP contribution is -2.02. The third-order valence-corrected chi connectivity index (χ3v) is 2.49. The number of ether oxygens (including phenoxy) is 1. The molecule has 0 spiro atoms. The van der Waals surface area contributed by atoms with Gasteiger partial charge < -0.3 is 10.1 Å². The Labute approximate surface area is 109 Å². The minimum Gasteiger partial charge on any atom is -0.494 e. The van der Waals surface area contributed by atoms with Gasteiger partial charge in [0.15, 0.2) is 0 Å². The Morgan fingerprint density at radius 1 is 1.37 bits per heavy atom. The first kappa shape index (κ1) is 12.7. The molecule has 0 saturated heterocycles. The van der Waals surface area contributed by atoms with Gasteiger partial charge in [0.05, 0.1) is 23.8 Å². The molecule has 0 fully saturated rings. The molecule has 0 unspecified atom stereocenters. The van der Waals surface area contributed by atoms with Crippen molar-refractivity contribution in [3.05, 3.63) is 52.6 Å². The lowest BCUT2D eigenvalue weighted by atomic mass is 10.2. The highest BCUT2D eigenvalue weighted by molar-refractivity contribution is 5.60. The van der Waals surface area contributed by atoms with E-state index in [-0.39, 0.29) is 5.69 Å². The number of methoxy groups -OCH3 is 1. The van der Waals surface area contributed by atoms with Gasteiger partial charge in [0, 0.05) is 30.6 Å². The molecule has 7 heteroatoms. The van der Waals surface area contributed by atoms with Crippen molar-refractivity contribution in [3.63, 3.8) is 0 Å². The summed E-state index contributed by atoms with van der Waals surface area (Å²) < 4.78 is 5.13. The molecule has 0 radical (unpaired) electrons. The summed E-state index contributed by atoms with van der Waals surface area (Å²) in [6.45, 7) is 0.509. The smallest absolute Gasteiger partial charge is 0.273 e. The monoisotopic (exact) mass is 260 g/mol. The molecule has 1 heterocycles. The van der Waals surface area contributed by atoms with Gasteiger partial charge in [-0.15, -0.1) is 0 Å². The van der Waals surface area contributed by atoms with Crippen LogP contribution in [0, 0.1) is 10.1 Å². The first-order valence-corrected chi connectivity index (χ1v) is 5.51. The second kappa shape index (κ2) is 5.76. The van der Waals surface area contributed by atoms with Gasteiger partial charge in [-0.3, -0.25) is 10.1 Å². The molecule has 2 rings (SSSR count). The summed E-state index contributed by atoms with van der Waals surface area (Å²) in [5, 5.41) is 13.8. The maximum Gasteiger partial charge on any atom is 0.273 e. The lowest BCUT2D eigenvalue weighted by Gasteiger charge is -2.10. The van der Waals surface area contributed by atoms with Crippen LogP contribution in [0.3, 0.4) is 0 Å². The van der Waals surface area contributed by atoms with Crippen molar-refractivity contribution in [1.82, 2.24) is 9.97 Å². The standard InChI is InChI=1S/C12H12N4O3/c1-19-12-4-10(16(17)18)2-3-11(12)15-7-9-5-13-8-14-6-9/h2-6,8,15H,7H2,1H3. The molecule has 98 valence electrons. The molecule has 1 aromatic heterocycles. The summed E-state index contributed by atoms with van der Waals surface area (Å²) in [6, 6.07) is 4.41. The SMILES string of the molecule is COc1cc([N+](=O)[O-])ccc1NCc1cncnc1. The first-order valence-electron chi connectivity index (χ1n) is 5.51. The molecule has 1 aromatic carbocycles.